The van der Waals surface area contributed by atoms with E-state index in [1.165, 1.54) is 12.1 Å². The van der Waals surface area contributed by atoms with E-state index >= 15 is 0 Å². The number of nitrogens with one attached hydrogen (secondary N) is 1. The summed E-state index contributed by atoms with van der Waals surface area (Å²) in [5, 5.41) is 3.23. The molecule has 0 unspecified atom stereocenters. The third-order valence-corrected chi connectivity index (χ3v) is 4.04. The SMILES string of the molecule is Cc1nc(-c2ccc(F)cc2)sc1C(=O)OCC(=O)NC(C)C. The highest BCUT2D eigenvalue weighted by molar-refractivity contribution is 7.17. The lowest BCUT2D eigenvalue weighted by atomic mass is 10.2. The first-order chi connectivity index (χ1) is 10.9. The molecule has 0 atom stereocenters. The van der Waals surface area contributed by atoms with E-state index in [0.29, 0.717) is 15.6 Å². The van der Waals surface area contributed by atoms with Crippen molar-refractivity contribution < 1.29 is 18.7 Å². The Bertz CT molecular complexity index is 711. The van der Waals surface area contributed by atoms with Crippen LogP contribution in [0.2, 0.25) is 0 Å². The molecule has 1 N–H and O–H groups in total. The molecule has 0 spiro atoms. The topological polar surface area (TPSA) is 68.3 Å². The van der Waals surface area contributed by atoms with Crippen molar-refractivity contribution in [2.24, 2.45) is 0 Å². The van der Waals surface area contributed by atoms with E-state index in [1.54, 1.807) is 19.1 Å². The number of carbonyl (C=O) groups excluding carboxylic acids is 2. The number of thiazole rings is 1. The number of hydrogen-bond donors (Lipinski definition) is 1. The molecule has 122 valence electrons. The van der Waals surface area contributed by atoms with Crippen molar-refractivity contribution in [3.63, 3.8) is 0 Å². The molecule has 0 radical (unpaired) electrons. The van der Waals surface area contributed by atoms with Crippen LogP contribution in [-0.4, -0.2) is 29.5 Å². The van der Waals surface area contributed by atoms with E-state index in [9.17, 15) is 14.0 Å². The van der Waals surface area contributed by atoms with Crippen LogP contribution in [0.25, 0.3) is 10.6 Å². The molecular weight excluding hydrogens is 319 g/mol. The van der Waals surface area contributed by atoms with Crippen molar-refractivity contribution >= 4 is 23.2 Å². The largest absolute Gasteiger partial charge is 0.451 e. The van der Waals surface area contributed by atoms with E-state index in [0.717, 1.165) is 16.9 Å². The van der Waals surface area contributed by atoms with Gasteiger partial charge < -0.3 is 10.1 Å². The number of rotatable bonds is 5. The zero-order chi connectivity index (χ0) is 17.0. The van der Waals surface area contributed by atoms with E-state index in [-0.39, 0.29) is 24.4 Å². The third-order valence-electron chi connectivity index (χ3n) is 2.86. The van der Waals surface area contributed by atoms with Gasteiger partial charge in [-0.15, -0.1) is 11.3 Å². The molecule has 0 saturated heterocycles. The molecule has 0 aliphatic carbocycles. The van der Waals surface area contributed by atoms with Crippen molar-refractivity contribution in [3.05, 3.63) is 40.7 Å². The van der Waals surface area contributed by atoms with Crippen LogP contribution in [0, 0.1) is 12.7 Å². The maximum Gasteiger partial charge on any atom is 0.350 e. The van der Waals surface area contributed by atoms with Crippen molar-refractivity contribution in [1.29, 1.82) is 0 Å². The average Bonchev–Trinajstić information content (AvgIpc) is 2.87. The Labute approximate surface area is 137 Å². The van der Waals surface area contributed by atoms with Crippen LogP contribution in [-0.2, 0) is 9.53 Å². The molecule has 0 aliphatic rings. The van der Waals surface area contributed by atoms with Crippen LogP contribution < -0.4 is 5.32 Å². The van der Waals surface area contributed by atoms with Crippen molar-refractivity contribution in [2.75, 3.05) is 6.61 Å². The summed E-state index contributed by atoms with van der Waals surface area (Å²) >= 11 is 1.15. The third kappa shape index (κ3) is 4.59. The molecule has 1 amide bonds. The molecule has 1 heterocycles. The summed E-state index contributed by atoms with van der Waals surface area (Å²) in [7, 11) is 0. The highest BCUT2D eigenvalue weighted by atomic mass is 32.1. The lowest BCUT2D eigenvalue weighted by molar-refractivity contribution is -0.124. The van der Waals surface area contributed by atoms with Gasteiger partial charge in [-0.2, -0.15) is 0 Å². The minimum atomic E-state index is -0.590. The molecular formula is C16H17FN2O3S. The van der Waals surface area contributed by atoms with Gasteiger partial charge in [0.15, 0.2) is 6.61 Å². The summed E-state index contributed by atoms with van der Waals surface area (Å²) in [6.45, 7) is 5.00. The number of halogens is 1. The van der Waals surface area contributed by atoms with Crippen molar-refractivity contribution in [2.45, 2.75) is 26.8 Å². The first-order valence-corrected chi connectivity index (χ1v) is 7.88. The highest BCUT2D eigenvalue weighted by Gasteiger charge is 2.18. The van der Waals surface area contributed by atoms with Crippen LogP contribution in [0.3, 0.4) is 0 Å². The zero-order valence-electron chi connectivity index (χ0n) is 13.1. The van der Waals surface area contributed by atoms with Gasteiger partial charge >= 0.3 is 5.97 Å². The van der Waals surface area contributed by atoms with E-state index in [2.05, 4.69) is 10.3 Å². The lowest BCUT2D eigenvalue weighted by Crippen LogP contribution is -2.33. The van der Waals surface area contributed by atoms with Gasteiger partial charge in [-0.25, -0.2) is 14.2 Å². The second kappa shape index (κ2) is 7.32. The van der Waals surface area contributed by atoms with Gasteiger partial charge in [0, 0.05) is 11.6 Å². The molecule has 0 aliphatic heterocycles. The average molecular weight is 336 g/mol. The predicted molar refractivity (Wildman–Crippen MR) is 85.8 cm³/mol. The van der Waals surface area contributed by atoms with Gasteiger partial charge in [-0.1, -0.05) is 0 Å². The van der Waals surface area contributed by atoms with Crippen LogP contribution in [0.5, 0.6) is 0 Å². The minimum absolute atomic E-state index is 0.0172. The number of nitrogens with zero attached hydrogens (tertiary/aromatic N) is 1. The fourth-order valence-corrected chi connectivity index (χ4v) is 2.83. The number of ether oxygens (including phenoxy) is 1. The summed E-state index contributed by atoms with van der Waals surface area (Å²) < 4.78 is 18.0. The van der Waals surface area contributed by atoms with Crippen LogP contribution in [0.4, 0.5) is 4.39 Å². The number of amides is 1. The first-order valence-electron chi connectivity index (χ1n) is 7.06. The second-order valence-corrected chi connectivity index (χ2v) is 6.24. The molecule has 23 heavy (non-hydrogen) atoms. The van der Waals surface area contributed by atoms with E-state index in [1.807, 2.05) is 13.8 Å². The standard InChI is InChI=1S/C16H17FN2O3S/c1-9(2)18-13(20)8-22-16(21)14-10(3)19-15(23-14)11-4-6-12(17)7-5-11/h4-7,9H,8H2,1-3H3,(H,18,20). The molecule has 0 saturated carbocycles. The summed E-state index contributed by atoms with van der Waals surface area (Å²) in [5.41, 5.74) is 1.24. The van der Waals surface area contributed by atoms with Gasteiger partial charge in [0.2, 0.25) is 0 Å². The van der Waals surface area contributed by atoms with Gasteiger partial charge in [0.05, 0.1) is 5.69 Å². The van der Waals surface area contributed by atoms with Crippen LogP contribution >= 0.6 is 11.3 Å². The lowest BCUT2D eigenvalue weighted by Gasteiger charge is -2.08. The number of carbonyl (C=O) groups is 2. The molecule has 1 aromatic heterocycles. The number of benzene rings is 1. The normalized spacial score (nSPS) is 10.7. The van der Waals surface area contributed by atoms with E-state index in [4.69, 9.17) is 4.74 Å². The summed E-state index contributed by atoms with van der Waals surface area (Å²) in [4.78, 5) is 28.2. The Hall–Kier alpha value is -2.28. The zero-order valence-corrected chi connectivity index (χ0v) is 13.9. The second-order valence-electron chi connectivity index (χ2n) is 5.24. The fourth-order valence-electron chi connectivity index (χ4n) is 1.86. The van der Waals surface area contributed by atoms with Gasteiger partial charge in [-0.05, 0) is 45.0 Å². The van der Waals surface area contributed by atoms with Gasteiger partial charge in [0.25, 0.3) is 5.91 Å². The Morgan fingerprint density at radius 2 is 1.96 bits per heavy atom. The molecule has 1 aromatic carbocycles. The maximum atomic E-state index is 13.0. The van der Waals surface area contributed by atoms with Gasteiger partial charge in [0.1, 0.15) is 15.7 Å². The van der Waals surface area contributed by atoms with Crippen molar-refractivity contribution in [1.82, 2.24) is 10.3 Å². The fraction of sp³-hybridized carbons (Fsp3) is 0.312. The first kappa shape index (κ1) is 17.1. The molecule has 5 nitrogen and oxygen atoms in total. The van der Waals surface area contributed by atoms with Crippen LogP contribution in [0.1, 0.15) is 29.2 Å². The number of aryl methyl sites for hydroxylation is 1. The molecule has 7 heteroatoms. The summed E-state index contributed by atoms with van der Waals surface area (Å²) in [5.74, 6) is -1.28. The number of esters is 1. The molecule has 0 bridgehead atoms. The quantitative estimate of drug-likeness (QED) is 0.853. The Morgan fingerprint density at radius 1 is 1.30 bits per heavy atom. The highest BCUT2D eigenvalue weighted by Crippen LogP contribution is 2.28. The molecule has 0 fully saturated rings. The maximum absolute atomic E-state index is 13.0. The summed E-state index contributed by atoms with van der Waals surface area (Å²) in [6.07, 6.45) is 0. The summed E-state index contributed by atoms with van der Waals surface area (Å²) in [6, 6.07) is 5.84. The van der Waals surface area contributed by atoms with Crippen LogP contribution in [0.15, 0.2) is 24.3 Å². The predicted octanol–water partition coefficient (Wildman–Crippen LogP) is 2.94. The van der Waals surface area contributed by atoms with Crippen molar-refractivity contribution in [3.8, 4) is 10.6 Å². The molecule has 2 aromatic rings. The Balaban J connectivity index is 2.07. The van der Waals surface area contributed by atoms with E-state index < -0.39 is 5.97 Å². The van der Waals surface area contributed by atoms with Gasteiger partial charge in [-0.3, -0.25) is 4.79 Å². The number of aromatic nitrogens is 1. The Morgan fingerprint density at radius 3 is 2.57 bits per heavy atom. The monoisotopic (exact) mass is 336 g/mol. The smallest absolute Gasteiger partial charge is 0.350 e. The molecule has 2 rings (SSSR count). The Kier molecular flexibility index (Phi) is 5.44. The number of hydrogen-bond acceptors (Lipinski definition) is 5. The minimum Gasteiger partial charge on any atom is -0.451 e.